The molecule has 1 aromatic heterocycles. The van der Waals surface area contributed by atoms with Gasteiger partial charge in [0.05, 0.1) is 26.8 Å². The lowest BCUT2D eigenvalue weighted by atomic mass is 10.1. The van der Waals surface area contributed by atoms with Gasteiger partial charge in [0.25, 0.3) is 21.6 Å². The fourth-order valence-electron chi connectivity index (χ4n) is 2.97. The first-order valence-electron chi connectivity index (χ1n) is 9.62. The van der Waals surface area contributed by atoms with Gasteiger partial charge in [-0.3, -0.25) is 24.9 Å². The second kappa shape index (κ2) is 9.37. The summed E-state index contributed by atoms with van der Waals surface area (Å²) in [4.78, 5) is 27.3. The van der Waals surface area contributed by atoms with Crippen LogP contribution in [0.3, 0.4) is 0 Å². The molecule has 2 N–H and O–H groups in total. The average molecular weight is 499 g/mol. The summed E-state index contributed by atoms with van der Waals surface area (Å²) in [5, 5.41) is 15.4. The molecule has 0 aliphatic carbocycles. The van der Waals surface area contributed by atoms with Crippen LogP contribution >= 0.6 is 11.3 Å². The third-order valence-electron chi connectivity index (χ3n) is 4.64. The summed E-state index contributed by atoms with van der Waals surface area (Å²) in [7, 11) is -4.06. The predicted molar refractivity (Wildman–Crippen MR) is 126 cm³/mol. The number of halogens is 1. The second-order valence-corrected chi connectivity index (χ2v) is 9.44. The first kappa shape index (κ1) is 23.0. The highest BCUT2D eigenvalue weighted by Crippen LogP contribution is 2.28. The molecule has 0 fully saturated rings. The van der Waals surface area contributed by atoms with Crippen LogP contribution in [-0.2, 0) is 10.0 Å². The van der Waals surface area contributed by atoms with Gasteiger partial charge in [-0.25, -0.2) is 17.8 Å². The van der Waals surface area contributed by atoms with Crippen molar-refractivity contribution in [2.45, 2.75) is 4.90 Å². The van der Waals surface area contributed by atoms with E-state index in [4.69, 9.17) is 0 Å². The number of nitrogens with zero attached hydrogens (tertiary/aromatic N) is 2. The Balaban J connectivity index is 1.52. The number of amides is 1. The first-order valence-corrected chi connectivity index (χ1v) is 12.0. The van der Waals surface area contributed by atoms with E-state index in [1.54, 1.807) is 29.6 Å². The Bertz CT molecular complexity index is 1470. The minimum Gasteiger partial charge on any atom is -0.298 e. The van der Waals surface area contributed by atoms with Gasteiger partial charge in [0.1, 0.15) is 5.82 Å². The number of thiazole rings is 1. The van der Waals surface area contributed by atoms with Crippen molar-refractivity contribution in [3.8, 4) is 11.3 Å². The van der Waals surface area contributed by atoms with Gasteiger partial charge in [-0.05, 0) is 48.5 Å². The van der Waals surface area contributed by atoms with Crippen molar-refractivity contribution in [3.05, 3.63) is 99.7 Å². The van der Waals surface area contributed by atoms with Crippen LogP contribution in [0, 0.1) is 15.9 Å². The van der Waals surface area contributed by atoms with Gasteiger partial charge >= 0.3 is 0 Å². The van der Waals surface area contributed by atoms with E-state index in [9.17, 15) is 27.7 Å². The molecule has 0 aliphatic rings. The van der Waals surface area contributed by atoms with Gasteiger partial charge in [0, 0.05) is 23.1 Å². The van der Waals surface area contributed by atoms with Crippen LogP contribution in [0.5, 0.6) is 0 Å². The maximum atomic E-state index is 13.1. The minimum atomic E-state index is -4.06. The van der Waals surface area contributed by atoms with Crippen LogP contribution in [-0.4, -0.2) is 24.2 Å². The van der Waals surface area contributed by atoms with Crippen molar-refractivity contribution in [2.24, 2.45) is 0 Å². The number of nitro groups is 1. The first-order chi connectivity index (χ1) is 16.2. The lowest BCUT2D eigenvalue weighted by Gasteiger charge is -2.12. The second-order valence-electron chi connectivity index (χ2n) is 6.90. The fourth-order valence-corrected chi connectivity index (χ4v) is 4.76. The number of aromatic nitrogens is 1. The van der Waals surface area contributed by atoms with Crippen LogP contribution in [0.4, 0.5) is 20.9 Å². The zero-order valence-corrected chi connectivity index (χ0v) is 18.8. The molecule has 0 spiro atoms. The molecule has 0 aliphatic heterocycles. The van der Waals surface area contributed by atoms with E-state index in [1.807, 2.05) is 0 Å². The van der Waals surface area contributed by atoms with Crippen molar-refractivity contribution in [3.63, 3.8) is 0 Å². The molecular formula is C22H15FN4O5S2. The average Bonchev–Trinajstić information content (AvgIpc) is 3.28. The molecule has 172 valence electrons. The number of non-ortho nitro benzene ring substituents is 1. The molecule has 34 heavy (non-hydrogen) atoms. The number of rotatable bonds is 7. The molecule has 1 heterocycles. The lowest BCUT2D eigenvalue weighted by molar-refractivity contribution is -0.384. The van der Waals surface area contributed by atoms with Crippen LogP contribution in [0.2, 0.25) is 0 Å². The Kier molecular flexibility index (Phi) is 6.34. The van der Waals surface area contributed by atoms with Crippen LogP contribution in [0.25, 0.3) is 11.3 Å². The van der Waals surface area contributed by atoms with Crippen molar-refractivity contribution in [2.75, 3.05) is 10.0 Å². The van der Waals surface area contributed by atoms with Crippen LogP contribution in [0.1, 0.15) is 10.4 Å². The normalized spacial score (nSPS) is 11.1. The molecule has 4 rings (SSSR count). The number of carbonyl (C=O) groups is 1. The van der Waals surface area contributed by atoms with E-state index in [0.717, 1.165) is 35.6 Å². The molecule has 0 radical (unpaired) electrons. The molecule has 9 nitrogen and oxygen atoms in total. The van der Waals surface area contributed by atoms with Crippen molar-refractivity contribution >= 4 is 43.8 Å². The van der Waals surface area contributed by atoms with E-state index in [-0.39, 0.29) is 27.0 Å². The highest BCUT2D eigenvalue weighted by molar-refractivity contribution is 7.92. The Hall–Kier alpha value is -4.16. The molecule has 0 bridgehead atoms. The van der Waals surface area contributed by atoms with Gasteiger partial charge in [0.2, 0.25) is 0 Å². The van der Waals surface area contributed by atoms with E-state index >= 15 is 0 Å². The maximum Gasteiger partial charge on any atom is 0.269 e. The van der Waals surface area contributed by atoms with Gasteiger partial charge < -0.3 is 0 Å². The smallest absolute Gasteiger partial charge is 0.269 e. The Morgan fingerprint density at radius 2 is 1.68 bits per heavy atom. The number of nitrogens with one attached hydrogen (secondary N) is 2. The third-order valence-corrected chi connectivity index (χ3v) is 6.78. The van der Waals surface area contributed by atoms with Gasteiger partial charge in [-0.2, -0.15) is 0 Å². The molecule has 3 aromatic carbocycles. The number of carbonyl (C=O) groups excluding carboxylic acids is 1. The maximum absolute atomic E-state index is 13.1. The highest BCUT2D eigenvalue weighted by Gasteiger charge is 2.19. The highest BCUT2D eigenvalue weighted by atomic mass is 32.2. The summed E-state index contributed by atoms with van der Waals surface area (Å²) in [5.74, 6) is -1.17. The lowest BCUT2D eigenvalue weighted by Crippen LogP contribution is -2.18. The Morgan fingerprint density at radius 3 is 2.35 bits per heavy atom. The quantitative estimate of drug-likeness (QED) is 0.275. The van der Waals surface area contributed by atoms with Crippen molar-refractivity contribution in [1.82, 2.24) is 4.98 Å². The van der Waals surface area contributed by atoms with Gasteiger partial charge in [0.15, 0.2) is 5.13 Å². The van der Waals surface area contributed by atoms with E-state index in [0.29, 0.717) is 11.3 Å². The van der Waals surface area contributed by atoms with Crippen LogP contribution < -0.4 is 10.0 Å². The summed E-state index contributed by atoms with van der Waals surface area (Å²) < 4.78 is 40.8. The van der Waals surface area contributed by atoms with E-state index in [1.165, 1.54) is 24.3 Å². The number of hydrogen-bond donors (Lipinski definition) is 2. The topological polar surface area (TPSA) is 131 Å². The molecule has 12 heteroatoms. The van der Waals surface area contributed by atoms with Gasteiger partial charge in [-0.15, -0.1) is 11.3 Å². The minimum absolute atomic E-state index is 0.0384. The molecular weight excluding hydrogens is 483 g/mol. The summed E-state index contributed by atoms with van der Waals surface area (Å²) in [5.41, 5.74) is 1.19. The zero-order valence-electron chi connectivity index (χ0n) is 17.1. The fraction of sp³-hybridized carbons (Fsp3) is 0. The number of para-hydroxylation sites is 1. The summed E-state index contributed by atoms with van der Waals surface area (Å²) >= 11 is 1.14. The number of sulfonamides is 1. The molecule has 0 saturated heterocycles. The number of hydrogen-bond acceptors (Lipinski definition) is 7. The predicted octanol–water partition coefficient (Wildman–Crippen LogP) is 4.91. The third kappa shape index (κ3) is 5.08. The largest absolute Gasteiger partial charge is 0.298 e. The zero-order chi connectivity index (χ0) is 24.3. The van der Waals surface area contributed by atoms with E-state index in [2.05, 4.69) is 15.0 Å². The molecule has 0 atom stereocenters. The number of anilines is 2. The Labute approximate surface area is 197 Å². The van der Waals surface area contributed by atoms with Gasteiger partial charge in [-0.1, -0.05) is 12.1 Å². The summed E-state index contributed by atoms with van der Waals surface area (Å²) in [6.45, 7) is 0. The number of benzene rings is 3. The number of nitro benzene ring substituents is 1. The SMILES string of the molecule is O=C(Nc1nc(-c2ccc([N+](=O)[O-])cc2)cs1)c1ccccc1NS(=O)(=O)c1ccc(F)cc1. The van der Waals surface area contributed by atoms with Crippen molar-refractivity contribution < 1.29 is 22.5 Å². The van der Waals surface area contributed by atoms with Crippen LogP contribution in [0.15, 0.2) is 83.1 Å². The van der Waals surface area contributed by atoms with Crippen molar-refractivity contribution in [1.29, 1.82) is 0 Å². The summed E-state index contributed by atoms with van der Waals surface area (Å²) in [6, 6.07) is 16.1. The molecule has 0 saturated carbocycles. The molecule has 0 unspecified atom stereocenters. The molecule has 1 amide bonds. The Morgan fingerprint density at radius 1 is 1.00 bits per heavy atom. The summed E-state index contributed by atoms with van der Waals surface area (Å²) in [6.07, 6.45) is 0. The molecule has 4 aromatic rings. The monoisotopic (exact) mass is 498 g/mol. The van der Waals surface area contributed by atoms with E-state index < -0.39 is 26.7 Å². The standard InChI is InChI=1S/C22H15FN4O5S2/c23-15-7-11-17(12-8-15)34(31,32)26-19-4-2-1-3-18(19)21(28)25-22-24-20(13-33-22)14-5-9-16(10-6-14)27(29)30/h1-13,26H,(H,24,25,28).